The number of hydrogen-bond donors (Lipinski definition) is 1. The topological polar surface area (TPSA) is 69.3 Å². The van der Waals surface area contributed by atoms with E-state index in [9.17, 15) is 9.59 Å². The van der Waals surface area contributed by atoms with E-state index in [1.54, 1.807) is 13.0 Å². The summed E-state index contributed by atoms with van der Waals surface area (Å²) in [5.41, 5.74) is 0.723. The summed E-state index contributed by atoms with van der Waals surface area (Å²) in [6, 6.07) is 2.15. The van der Waals surface area contributed by atoms with Gasteiger partial charge in [-0.05, 0) is 59.5 Å². The van der Waals surface area contributed by atoms with Crippen molar-refractivity contribution in [2.24, 2.45) is 5.92 Å². The molecule has 2 aliphatic rings. The lowest BCUT2D eigenvalue weighted by Gasteiger charge is -2.38. The van der Waals surface area contributed by atoms with E-state index in [1.807, 2.05) is 4.90 Å². The van der Waals surface area contributed by atoms with Gasteiger partial charge in [0.25, 0.3) is 5.56 Å². The standard InChI is InChI=1S/C19H30N4O2/c1-13(2)22-9-6-15(7-10-22)19(25)23-8-4-5-16(12-23)17-11-18(24)21-14(3)20-17/h11,13,15-16H,4-10,12H2,1-3H3,(H,20,21,24). The molecule has 3 rings (SSSR count). The number of piperidine rings is 2. The zero-order valence-corrected chi connectivity index (χ0v) is 15.6. The summed E-state index contributed by atoms with van der Waals surface area (Å²) in [7, 11) is 0. The quantitative estimate of drug-likeness (QED) is 0.908. The SMILES string of the molecule is Cc1nc(C2CCCN(C(=O)C3CCN(C(C)C)CC3)C2)cc(=O)[nH]1. The van der Waals surface area contributed by atoms with Gasteiger partial charge in [-0.2, -0.15) is 0 Å². The second kappa shape index (κ2) is 7.68. The molecule has 3 heterocycles. The van der Waals surface area contributed by atoms with Gasteiger partial charge in [0.1, 0.15) is 5.82 Å². The molecule has 6 nitrogen and oxygen atoms in total. The maximum atomic E-state index is 13.0. The summed E-state index contributed by atoms with van der Waals surface area (Å²) in [6.07, 6.45) is 3.89. The second-order valence-corrected chi connectivity index (χ2v) is 7.78. The van der Waals surface area contributed by atoms with Crippen molar-refractivity contribution >= 4 is 5.91 Å². The molecule has 0 saturated carbocycles. The summed E-state index contributed by atoms with van der Waals surface area (Å²) in [5.74, 6) is 1.28. The summed E-state index contributed by atoms with van der Waals surface area (Å²) in [6.45, 7) is 9.79. The third kappa shape index (κ3) is 4.29. The first kappa shape index (κ1) is 18.1. The Morgan fingerprint density at radius 1 is 1.24 bits per heavy atom. The van der Waals surface area contributed by atoms with Crippen LogP contribution in [0.25, 0.3) is 0 Å². The van der Waals surface area contributed by atoms with Crippen molar-refractivity contribution in [2.45, 2.75) is 58.4 Å². The predicted molar refractivity (Wildman–Crippen MR) is 97.6 cm³/mol. The molecular weight excluding hydrogens is 316 g/mol. The number of nitrogens with one attached hydrogen (secondary N) is 1. The fraction of sp³-hybridized carbons (Fsp3) is 0.737. The van der Waals surface area contributed by atoms with Crippen molar-refractivity contribution in [3.05, 3.63) is 27.9 Å². The number of nitrogens with zero attached hydrogens (tertiary/aromatic N) is 3. The van der Waals surface area contributed by atoms with Crippen LogP contribution in [0.3, 0.4) is 0 Å². The fourth-order valence-corrected chi connectivity index (χ4v) is 4.15. The first-order valence-corrected chi connectivity index (χ1v) is 9.54. The Kier molecular flexibility index (Phi) is 5.57. The molecule has 138 valence electrons. The third-order valence-corrected chi connectivity index (χ3v) is 5.64. The van der Waals surface area contributed by atoms with Crippen LogP contribution >= 0.6 is 0 Å². The van der Waals surface area contributed by atoms with Crippen molar-refractivity contribution in [1.82, 2.24) is 19.8 Å². The van der Waals surface area contributed by atoms with E-state index in [-0.39, 0.29) is 17.4 Å². The highest BCUT2D eigenvalue weighted by molar-refractivity contribution is 5.79. The van der Waals surface area contributed by atoms with E-state index in [1.165, 1.54) is 0 Å². The second-order valence-electron chi connectivity index (χ2n) is 7.78. The van der Waals surface area contributed by atoms with Crippen LogP contribution in [0, 0.1) is 12.8 Å². The molecule has 1 unspecified atom stereocenters. The Labute approximate surface area is 149 Å². The van der Waals surface area contributed by atoms with Gasteiger partial charge < -0.3 is 14.8 Å². The molecule has 2 aliphatic heterocycles. The van der Waals surface area contributed by atoms with E-state index in [4.69, 9.17) is 0 Å². The molecule has 0 spiro atoms. The normalized spacial score (nSPS) is 23.2. The molecule has 1 aromatic heterocycles. The zero-order chi connectivity index (χ0) is 18.0. The van der Waals surface area contributed by atoms with Crippen LogP contribution in [0.1, 0.15) is 57.0 Å². The van der Waals surface area contributed by atoms with Gasteiger partial charge in [0.15, 0.2) is 0 Å². The summed E-state index contributed by atoms with van der Waals surface area (Å²) in [4.78, 5) is 36.3. The molecule has 0 aliphatic carbocycles. The van der Waals surface area contributed by atoms with Crippen LogP contribution in [0.5, 0.6) is 0 Å². The van der Waals surface area contributed by atoms with Gasteiger partial charge in [-0.15, -0.1) is 0 Å². The number of amides is 1. The molecular formula is C19H30N4O2. The lowest BCUT2D eigenvalue weighted by atomic mass is 9.90. The van der Waals surface area contributed by atoms with Crippen molar-refractivity contribution in [3.8, 4) is 0 Å². The maximum Gasteiger partial charge on any atom is 0.251 e. The van der Waals surface area contributed by atoms with Crippen LogP contribution in [0.2, 0.25) is 0 Å². The minimum atomic E-state index is -0.105. The Bertz CT molecular complexity index is 662. The smallest absolute Gasteiger partial charge is 0.251 e. The summed E-state index contributed by atoms with van der Waals surface area (Å²) < 4.78 is 0. The van der Waals surface area contributed by atoms with Gasteiger partial charge in [-0.3, -0.25) is 9.59 Å². The van der Waals surface area contributed by atoms with Gasteiger partial charge >= 0.3 is 0 Å². The first-order valence-electron chi connectivity index (χ1n) is 9.54. The highest BCUT2D eigenvalue weighted by Crippen LogP contribution is 2.28. The molecule has 0 bridgehead atoms. The lowest BCUT2D eigenvalue weighted by molar-refractivity contribution is -0.138. The van der Waals surface area contributed by atoms with Gasteiger partial charge in [0.2, 0.25) is 5.91 Å². The molecule has 6 heteroatoms. The van der Waals surface area contributed by atoms with E-state index < -0.39 is 0 Å². The number of rotatable bonds is 3. The molecule has 2 saturated heterocycles. The van der Waals surface area contributed by atoms with Gasteiger partial charge in [0.05, 0.1) is 5.69 Å². The molecule has 25 heavy (non-hydrogen) atoms. The molecule has 1 N–H and O–H groups in total. The predicted octanol–water partition coefficient (Wildman–Crippen LogP) is 1.90. The van der Waals surface area contributed by atoms with Gasteiger partial charge in [0, 0.05) is 37.0 Å². The lowest BCUT2D eigenvalue weighted by Crippen LogP contribution is -2.47. The highest BCUT2D eigenvalue weighted by Gasteiger charge is 2.32. The van der Waals surface area contributed by atoms with E-state index >= 15 is 0 Å². The monoisotopic (exact) mass is 346 g/mol. The maximum absolute atomic E-state index is 13.0. The van der Waals surface area contributed by atoms with Crippen molar-refractivity contribution in [3.63, 3.8) is 0 Å². The average molecular weight is 346 g/mol. The molecule has 0 aromatic carbocycles. The van der Waals surface area contributed by atoms with Gasteiger partial charge in [-0.25, -0.2) is 4.98 Å². The number of H-pyrrole nitrogens is 1. The Hall–Kier alpha value is -1.69. The Morgan fingerprint density at radius 2 is 1.96 bits per heavy atom. The fourth-order valence-electron chi connectivity index (χ4n) is 4.15. The zero-order valence-electron chi connectivity index (χ0n) is 15.6. The number of aromatic nitrogens is 2. The molecule has 2 fully saturated rings. The summed E-state index contributed by atoms with van der Waals surface area (Å²) >= 11 is 0. The average Bonchev–Trinajstić information content (AvgIpc) is 2.60. The summed E-state index contributed by atoms with van der Waals surface area (Å²) in [5, 5.41) is 0. The number of aryl methyl sites for hydroxylation is 1. The number of likely N-dealkylation sites (tertiary alicyclic amines) is 2. The van der Waals surface area contributed by atoms with Crippen molar-refractivity contribution in [1.29, 1.82) is 0 Å². The van der Waals surface area contributed by atoms with Crippen LogP contribution in [0.4, 0.5) is 0 Å². The number of aromatic amines is 1. The minimum absolute atomic E-state index is 0.105. The number of hydrogen-bond acceptors (Lipinski definition) is 4. The molecule has 1 aromatic rings. The van der Waals surface area contributed by atoms with E-state index in [0.717, 1.165) is 51.0 Å². The minimum Gasteiger partial charge on any atom is -0.342 e. The Balaban J connectivity index is 1.63. The van der Waals surface area contributed by atoms with Crippen LogP contribution in [-0.2, 0) is 4.79 Å². The van der Waals surface area contributed by atoms with Crippen LogP contribution in [-0.4, -0.2) is 57.9 Å². The molecule has 1 amide bonds. The highest BCUT2D eigenvalue weighted by atomic mass is 16.2. The van der Waals surface area contributed by atoms with Crippen molar-refractivity contribution < 1.29 is 4.79 Å². The van der Waals surface area contributed by atoms with Crippen LogP contribution < -0.4 is 5.56 Å². The first-order chi connectivity index (χ1) is 11.9. The largest absolute Gasteiger partial charge is 0.342 e. The van der Waals surface area contributed by atoms with Gasteiger partial charge in [-0.1, -0.05) is 0 Å². The van der Waals surface area contributed by atoms with E-state index in [2.05, 4.69) is 28.7 Å². The number of carbonyl (C=O) groups is 1. The van der Waals surface area contributed by atoms with E-state index in [0.29, 0.717) is 24.3 Å². The Morgan fingerprint density at radius 3 is 2.60 bits per heavy atom. The van der Waals surface area contributed by atoms with Crippen LogP contribution in [0.15, 0.2) is 10.9 Å². The number of carbonyl (C=O) groups excluding carboxylic acids is 1. The molecule has 0 radical (unpaired) electrons. The third-order valence-electron chi connectivity index (χ3n) is 5.64. The molecule has 1 atom stereocenters. The van der Waals surface area contributed by atoms with Crippen molar-refractivity contribution in [2.75, 3.05) is 26.2 Å².